The average molecular weight is 404 g/mol. The number of ether oxygens (including phenoxy) is 2. The second-order valence-corrected chi connectivity index (χ2v) is 8.37. The van der Waals surface area contributed by atoms with Gasteiger partial charge in [0.05, 0.1) is 19.0 Å². The van der Waals surface area contributed by atoms with Crippen molar-refractivity contribution in [1.82, 2.24) is 9.80 Å². The molecule has 0 aromatic carbocycles. The van der Waals surface area contributed by atoms with Crippen LogP contribution in [0.5, 0.6) is 0 Å². The lowest BCUT2D eigenvalue weighted by Crippen LogP contribution is -2.70. The van der Waals surface area contributed by atoms with Gasteiger partial charge in [0.1, 0.15) is 17.0 Å². The van der Waals surface area contributed by atoms with Gasteiger partial charge in [0.15, 0.2) is 5.79 Å². The summed E-state index contributed by atoms with van der Waals surface area (Å²) >= 11 is 0. The van der Waals surface area contributed by atoms with Gasteiger partial charge in [-0.2, -0.15) is 0 Å². The molecule has 2 saturated heterocycles. The van der Waals surface area contributed by atoms with Crippen molar-refractivity contribution >= 4 is 23.6 Å². The first kappa shape index (κ1) is 19.8. The van der Waals surface area contributed by atoms with Crippen LogP contribution in [0.15, 0.2) is 22.8 Å². The van der Waals surface area contributed by atoms with E-state index < -0.39 is 47.0 Å². The highest BCUT2D eigenvalue weighted by Gasteiger charge is 2.69. The van der Waals surface area contributed by atoms with Gasteiger partial charge in [0, 0.05) is 38.8 Å². The van der Waals surface area contributed by atoms with Gasteiger partial charge in [-0.3, -0.25) is 24.2 Å². The number of barbiturate groups is 1. The normalized spacial score (nSPS) is 31.8. The quantitative estimate of drug-likeness (QED) is 0.688. The molecule has 1 spiro atoms. The van der Waals surface area contributed by atoms with E-state index in [1.54, 1.807) is 26.0 Å². The smallest absolute Gasteiger partial charge is 0.332 e. The Balaban J connectivity index is 1.91. The van der Waals surface area contributed by atoms with Gasteiger partial charge < -0.3 is 13.9 Å². The van der Waals surface area contributed by atoms with Crippen molar-refractivity contribution in [2.45, 2.75) is 44.5 Å². The Morgan fingerprint density at radius 2 is 1.69 bits per heavy atom. The van der Waals surface area contributed by atoms with Crippen molar-refractivity contribution in [3.63, 3.8) is 0 Å². The Morgan fingerprint density at radius 1 is 1.03 bits per heavy atom. The van der Waals surface area contributed by atoms with E-state index in [2.05, 4.69) is 0 Å². The predicted molar refractivity (Wildman–Crippen MR) is 97.5 cm³/mol. The van der Waals surface area contributed by atoms with Crippen molar-refractivity contribution in [2.24, 2.45) is 11.3 Å². The number of urea groups is 1. The average Bonchev–Trinajstić information content (AvgIpc) is 3.33. The molecule has 3 heterocycles. The second-order valence-electron chi connectivity index (χ2n) is 8.37. The van der Waals surface area contributed by atoms with Crippen LogP contribution in [0.25, 0.3) is 0 Å². The molecule has 1 saturated carbocycles. The zero-order valence-electron chi connectivity index (χ0n) is 16.8. The molecule has 0 radical (unpaired) electrons. The minimum absolute atomic E-state index is 0.0192. The lowest BCUT2D eigenvalue weighted by atomic mass is 9.55. The third kappa shape index (κ3) is 2.75. The van der Waals surface area contributed by atoms with Crippen LogP contribution in [0.4, 0.5) is 4.79 Å². The molecule has 1 aliphatic carbocycles. The van der Waals surface area contributed by atoms with Crippen LogP contribution < -0.4 is 0 Å². The molecule has 29 heavy (non-hydrogen) atoms. The first-order valence-corrected chi connectivity index (χ1v) is 9.56. The molecule has 3 aliphatic rings. The molecule has 9 heteroatoms. The Morgan fingerprint density at radius 3 is 2.21 bits per heavy atom. The summed E-state index contributed by atoms with van der Waals surface area (Å²) in [5, 5.41) is 0. The molecule has 3 atom stereocenters. The van der Waals surface area contributed by atoms with Gasteiger partial charge in [-0.1, -0.05) is 0 Å². The maximum Gasteiger partial charge on any atom is 0.332 e. The number of carbonyl (C=O) groups excluding carboxylic acids is 4. The maximum absolute atomic E-state index is 13.6. The van der Waals surface area contributed by atoms with Crippen molar-refractivity contribution in [3.05, 3.63) is 24.2 Å². The third-order valence-electron chi connectivity index (χ3n) is 6.27. The fourth-order valence-electron chi connectivity index (χ4n) is 4.95. The van der Waals surface area contributed by atoms with E-state index >= 15 is 0 Å². The molecule has 9 nitrogen and oxygen atoms in total. The zero-order valence-corrected chi connectivity index (χ0v) is 16.8. The Hall–Kier alpha value is -2.52. The van der Waals surface area contributed by atoms with E-state index in [0.29, 0.717) is 5.76 Å². The fraction of sp³-hybridized carbons (Fsp3) is 0.600. The number of carbonyl (C=O) groups is 4. The van der Waals surface area contributed by atoms with Crippen LogP contribution >= 0.6 is 0 Å². The highest BCUT2D eigenvalue weighted by molar-refractivity contribution is 6.20. The Bertz CT molecular complexity index is 851. The van der Waals surface area contributed by atoms with Crippen molar-refractivity contribution in [2.75, 3.05) is 20.7 Å². The van der Waals surface area contributed by atoms with Gasteiger partial charge in [-0.25, -0.2) is 4.79 Å². The number of imide groups is 2. The number of amides is 4. The summed E-state index contributed by atoms with van der Waals surface area (Å²) in [6.45, 7) is 3.61. The SMILES string of the molecule is CN1C(=O)N(C)C(=O)C2(C1=O)[C@@H](c1ccco1)CC(=O)C[C@H]2C1COC(C)(C)O1. The number of hydrogen-bond donors (Lipinski definition) is 0. The van der Waals surface area contributed by atoms with E-state index in [4.69, 9.17) is 13.9 Å². The fourth-order valence-corrected chi connectivity index (χ4v) is 4.95. The zero-order chi connectivity index (χ0) is 21.1. The Labute approximate surface area is 167 Å². The number of nitrogens with zero attached hydrogens (tertiary/aromatic N) is 2. The molecule has 0 bridgehead atoms. The molecule has 156 valence electrons. The predicted octanol–water partition coefficient (Wildman–Crippen LogP) is 1.53. The van der Waals surface area contributed by atoms with Crippen LogP contribution in [-0.2, 0) is 23.9 Å². The molecule has 1 unspecified atom stereocenters. The topological polar surface area (TPSA) is 106 Å². The van der Waals surface area contributed by atoms with Crippen molar-refractivity contribution in [3.8, 4) is 0 Å². The summed E-state index contributed by atoms with van der Waals surface area (Å²) in [4.78, 5) is 54.3. The summed E-state index contributed by atoms with van der Waals surface area (Å²) in [5.74, 6) is -3.55. The van der Waals surface area contributed by atoms with Gasteiger partial charge in [-0.05, 0) is 26.0 Å². The number of furan rings is 1. The lowest BCUT2D eigenvalue weighted by molar-refractivity contribution is -0.182. The summed E-state index contributed by atoms with van der Waals surface area (Å²) in [7, 11) is 2.69. The first-order chi connectivity index (χ1) is 13.6. The van der Waals surface area contributed by atoms with Crippen molar-refractivity contribution < 1.29 is 33.1 Å². The van der Waals surface area contributed by atoms with Gasteiger partial charge >= 0.3 is 6.03 Å². The summed E-state index contributed by atoms with van der Waals surface area (Å²) in [5.41, 5.74) is -1.70. The van der Waals surface area contributed by atoms with Crippen LogP contribution in [0.1, 0.15) is 38.4 Å². The molecule has 4 amide bonds. The Kier molecular flexibility index (Phi) is 4.43. The molecular weight excluding hydrogens is 380 g/mol. The molecule has 1 aromatic rings. The van der Waals surface area contributed by atoms with Gasteiger partial charge in [0.2, 0.25) is 11.8 Å². The van der Waals surface area contributed by atoms with E-state index in [-0.39, 0.29) is 25.2 Å². The summed E-state index contributed by atoms with van der Waals surface area (Å²) in [6, 6.07) is 2.59. The highest BCUT2D eigenvalue weighted by atomic mass is 16.7. The molecule has 1 aromatic heterocycles. The standard InChI is InChI=1S/C20H24N2O7/c1-19(2)28-10-15(29-19)13-9-11(23)8-12(14-6-5-7-27-14)20(13)16(24)21(3)18(26)22(4)17(20)25/h5-7,12-13,15H,8-10H2,1-4H3/t12-,13+,15?/m1/s1. The number of hydrogen-bond acceptors (Lipinski definition) is 7. The van der Waals surface area contributed by atoms with E-state index in [1.165, 1.54) is 20.4 Å². The summed E-state index contributed by atoms with van der Waals surface area (Å²) < 4.78 is 17.2. The summed E-state index contributed by atoms with van der Waals surface area (Å²) in [6.07, 6.45) is 0.726. The van der Waals surface area contributed by atoms with Gasteiger partial charge in [-0.15, -0.1) is 0 Å². The van der Waals surface area contributed by atoms with Crippen LogP contribution in [0.3, 0.4) is 0 Å². The molecule has 0 N–H and O–H groups in total. The maximum atomic E-state index is 13.6. The third-order valence-corrected chi connectivity index (χ3v) is 6.27. The van der Waals surface area contributed by atoms with Crippen LogP contribution in [0, 0.1) is 11.3 Å². The molecule has 3 fully saturated rings. The first-order valence-electron chi connectivity index (χ1n) is 9.56. The van der Waals surface area contributed by atoms with Crippen LogP contribution in [0.2, 0.25) is 0 Å². The van der Waals surface area contributed by atoms with Crippen LogP contribution in [-0.4, -0.2) is 66.0 Å². The molecular formula is C20H24N2O7. The monoisotopic (exact) mass is 404 g/mol. The largest absolute Gasteiger partial charge is 0.469 e. The second kappa shape index (κ2) is 6.50. The lowest BCUT2D eigenvalue weighted by Gasteiger charge is -2.51. The minimum Gasteiger partial charge on any atom is -0.469 e. The van der Waals surface area contributed by atoms with E-state index in [9.17, 15) is 19.2 Å². The highest BCUT2D eigenvalue weighted by Crippen LogP contribution is 2.56. The van der Waals surface area contributed by atoms with Crippen molar-refractivity contribution in [1.29, 1.82) is 0 Å². The van der Waals surface area contributed by atoms with E-state index in [1.807, 2.05) is 0 Å². The van der Waals surface area contributed by atoms with E-state index in [0.717, 1.165) is 9.80 Å². The number of Topliss-reactive ketones (excluding diaryl/α,β-unsaturated/α-hetero) is 1. The number of rotatable bonds is 2. The number of ketones is 1. The van der Waals surface area contributed by atoms with Gasteiger partial charge in [0.25, 0.3) is 0 Å². The minimum atomic E-state index is -1.70. The molecule has 2 aliphatic heterocycles. The molecule has 4 rings (SSSR count).